The third-order valence-corrected chi connectivity index (χ3v) is 4.53. The van der Waals surface area contributed by atoms with Crippen molar-refractivity contribution in [1.82, 2.24) is 14.8 Å². The van der Waals surface area contributed by atoms with Crippen LogP contribution in [0.4, 0.5) is 0 Å². The van der Waals surface area contributed by atoms with Gasteiger partial charge in [-0.25, -0.2) is 4.79 Å². The molecule has 0 unspecified atom stereocenters. The molecule has 0 spiro atoms. The maximum absolute atomic E-state index is 12.4. The van der Waals surface area contributed by atoms with Gasteiger partial charge in [-0.3, -0.25) is 9.69 Å². The first kappa shape index (κ1) is 19.2. The van der Waals surface area contributed by atoms with Crippen molar-refractivity contribution in [3.8, 4) is 5.75 Å². The van der Waals surface area contributed by atoms with Gasteiger partial charge in [0.25, 0.3) is 0 Å². The molecule has 0 saturated carbocycles. The van der Waals surface area contributed by atoms with Gasteiger partial charge in [0.15, 0.2) is 0 Å². The molecule has 2 aromatic rings. The van der Waals surface area contributed by atoms with E-state index in [2.05, 4.69) is 10.2 Å². The normalized spacial score (nSPS) is 15.0. The Bertz CT molecular complexity index is 811. The monoisotopic (exact) mass is 375 g/mol. The Balaban J connectivity index is 1.69. The highest BCUT2D eigenvalue weighted by atomic mass is 16.5. The van der Waals surface area contributed by atoms with Gasteiger partial charge in [0.2, 0.25) is 5.91 Å². The number of hydrogen-bond donors (Lipinski definition) is 2. The van der Waals surface area contributed by atoms with Crippen LogP contribution in [0.25, 0.3) is 10.9 Å². The largest absolute Gasteiger partial charge is 0.508 e. The summed E-state index contributed by atoms with van der Waals surface area (Å²) in [5.41, 5.74) is 0.986. The molecule has 1 saturated heterocycles. The molecule has 2 N–H and O–H groups in total. The molecule has 8 heteroatoms. The maximum atomic E-state index is 12.4. The van der Waals surface area contributed by atoms with Crippen LogP contribution in [0, 0.1) is 0 Å². The molecular weight excluding hydrogens is 350 g/mol. The lowest BCUT2D eigenvalue weighted by atomic mass is 10.2. The SMILES string of the molecule is CCOC(=O)c1cc2cc(O)ccc2n1CC(=O)NCCN1CCOCC1. The van der Waals surface area contributed by atoms with Crippen LogP contribution in [0.5, 0.6) is 5.75 Å². The smallest absolute Gasteiger partial charge is 0.354 e. The van der Waals surface area contributed by atoms with E-state index in [0.717, 1.165) is 32.8 Å². The number of aromatic hydroxyl groups is 1. The van der Waals surface area contributed by atoms with E-state index < -0.39 is 5.97 Å². The Morgan fingerprint density at radius 2 is 2.04 bits per heavy atom. The summed E-state index contributed by atoms with van der Waals surface area (Å²) in [7, 11) is 0. The van der Waals surface area contributed by atoms with Crippen molar-refractivity contribution in [3.05, 3.63) is 30.0 Å². The average molecular weight is 375 g/mol. The second-order valence-electron chi connectivity index (χ2n) is 6.38. The molecule has 1 aliphatic rings. The minimum Gasteiger partial charge on any atom is -0.508 e. The van der Waals surface area contributed by atoms with Crippen LogP contribution in [0.2, 0.25) is 0 Å². The zero-order chi connectivity index (χ0) is 19.2. The Hall–Kier alpha value is -2.58. The molecule has 3 rings (SSSR count). The second-order valence-corrected chi connectivity index (χ2v) is 6.38. The number of fused-ring (bicyclic) bond motifs is 1. The number of morpholine rings is 1. The number of esters is 1. The highest BCUT2D eigenvalue weighted by Crippen LogP contribution is 2.24. The van der Waals surface area contributed by atoms with Crippen LogP contribution in [0.15, 0.2) is 24.3 Å². The van der Waals surface area contributed by atoms with Crippen molar-refractivity contribution in [2.24, 2.45) is 0 Å². The number of ether oxygens (including phenoxy) is 2. The molecule has 2 heterocycles. The minimum absolute atomic E-state index is 0.00549. The van der Waals surface area contributed by atoms with Gasteiger partial charge in [0, 0.05) is 37.1 Å². The minimum atomic E-state index is -0.491. The molecule has 8 nitrogen and oxygen atoms in total. The number of carbonyl (C=O) groups excluding carboxylic acids is 2. The molecule has 0 aliphatic carbocycles. The summed E-state index contributed by atoms with van der Waals surface area (Å²) in [6.07, 6.45) is 0. The zero-order valence-electron chi connectivity index (χ0n) is 15.4. The van der Waals surface area contributed by atoms with Crippen LogP contribution >= 0.6 is 0 Å². The molecule has 1 aromatic heterocycles. The van der Waals surface area contributed by atoms with Gasteiger partial charge in [-0.2, -0.15) is 0 Å². The Kier molecular flexibility index (Phi) is 6.31. The van der Waals surface area contributed by atoms with Gasteiger partial charge in [-0.1, -0.05) is 0 Å². The molecule has 0 bridgehead atoms. The van der Waals surface area contributed by atoms with Crippen LogP contribution in [-0.2, 0) is 20.8 Å². The van der Waals surface area contributed by atoms with Crippen LogP contribution < -0.4 is 5.32 Å². The number of carbonyl (C=O) groups is 2. The second kappa shape index (κ2) is 8.88. The lowest BCUT2D eigenvalue weighted by Crippen LogP contribution is -2.42. The summed E-state index contributed by atoms with van der Waals surface area (Å²) in [4.78, 5) is 26.9. The van der Waals surface area contributed by atoms with E-state index in [-0.39, 0.29) is 24.8 Å². The number of nitrogens with zero attached hydrogens (tertiary/aromatic N) is 2. The van der Waals surface area contributed by atoms with Gasteiger partial charge in [0.05, 0.1) is 19.8 Å². The number of aromatic nitrogens is 1. The molecular formula is C19H25N3O5. The van der Waals surface area contributed by atoms with E-state index in [1.165, 1.54) is 6.07 Å². The number of phenols is 1. The zero-order valence-corrected chi connectivity index (χ0v) is 15.4. The fraction of sp³-hybridized carbons (Fsp3) is 0.474. The first-order valence-electron chi connectivity index (χ1n) is 9.14. The number of nitrogens with one attached hydrogen (secondary N) is 1. The summed E-state index contributed by atoms with van der Waals surface area (Å²) < 4.78 is 12.0. The van der Waals surface area contributed by atoms with Crippen molar-refractivity contribution in [2.45, 2.75) is 13.5 Å². The fourth-order valence-corrected chi connectivity index (χ4v) is 3.18. The van der Waals surface area contributed by atoms with Crippen molar-refractivity contribution in [2.75, 3.05) is 46.0 Å². The van der Waals surface area contributed by atoms with Gasteiger partial charge in [0.1, 0.15) is 18.0 Å². The van der Waals surface area contributed by atoms with Crippen molar-refractivity contribution < 1.29 is 24.2 Å². The van der Waals surface area contributed by atoms with Crippen LogP contribution in [0.3, 0.4) is 0 Å². The summed E-state index contributed by atoms with van der Waals surface area (Å²) in [6.45, 7) is 6.47. The van der Waals surface area contributed by atoms with E-state index in [1.807, 2.05) is 0 Å². The standard InChI is InChI=1S/C19H25N3O5/c1-2-27-19(25)17-12-14-11-15(23)3-4-16(14)22(17)13-18(24)20-5-6-21-7-9-26-10-8-21/h3-4,11-12,23H,2,5-10,13H2,1H3,(H,20,24). The summed E-state index contributed by atoms with van der Waals surface area (Å²) in [6, 6.07) is 6.41. The number of hydrogen-bond acceptors (Lipinski definition) is 6. The molecule has 1 aromatic carbocycles. The van der Waals surface area contributed by atoms with E-state index in [0.29, 0.717) is 23.1 Å². The van der Waals surface area contributed by atoms with Gasteiger partial charge in [-0.05, 0) is 31.2 Å². The third-order valence-electron chi connectivity index (χ3n) is 4.53. The summed E-state index contributed by atoms with van der Waals surface area (Å²) in [5.74, 6) is -0.571. The third kappa shape index (κ3) is 4.78. The number of phenolic OH excluding ortho intramolecular Hbond substituents is 1. The fourth-order valence-electron chi connectivity index (χ4n) is 3.18. The predicted octanol–water partition coefficient (Wildman–Crippen LogP) is 0.972. The highest BCUT2D eigenvalue weighted by molar-refractivity contribution is 5.97. The first-order chi connectivity index (χ1) is 13.1. The number of rotatable bonds is 7. The summed E-state index contributed by atoms with van der Waals surface area (Å²) in [5, 5.41) is 13.3. The van der Waals surface area contributed by atoms with E-state index in [1.54, 1.807) is 29.7 Å². The molecule has 1 fully saturated rings. The van der Waals surface area contributed by atoms with Crippen LogP contribution in [0.1, 0.15) is 17.4 Å². The molecule has 0 atom stereocenters. The van der Waals surface area contributed by atoms with E-state index in [9.17, 15) is 14.7 Å². The maximum Gasteiger partial charge on any atom is 0.354 e. The quantitative estimate of drug-likeness (QED) is 0.701. The van der Waals surface area contributed by atoms with Crippen LogP contribution in [-0.4, -0.2) is 72.4 Å². The Morgan fingerprint density at radius 1 is 1.26 bits per heavy atom. The highest BCUT2D eigenvalue weighted by Gasteiger charge is 2.19. The molecule has 27 heavy (non-hydrogen) atoms. The van der Waals surface area contributed by atoms with Gasteiger partial charge in [-0.15, -0.1) is 0 Å². The topological polar surface area (TPSA) is 93.0 Å². The van der Waals surface area contributed by atoms with Crippen molar-refractivity contribution in [3.63, 3.8) is 0 Å². The number of benzene rings is 1. The predicted molar refractivity (Wildman–Crippen MR) is 99.8 cm³/mol. The molecule has 1 amide bonds. The average Bonchev–Trinajstić information content (AvgIpc) is 3.00. The van der Waals surface area contributed by atoms with Gasteiger partial charge < -0.3 is 24.5 Å². The molecule has 0 radical (unpaired) electrons. The van der Waals surface area contributed by atoms with E-state index in [4.69, 9.17) is 9.47 Å². The first-order valence-corrected chi connectivity index (χ1v) is 9.14. The van der Waals surface area contributed by atoms with E-state index >= 15 is 0 Å². The van der Waals surface area contributed by atoms with Gasteiger partial charge >= 0.3 is 5.97 Å². The number of amides is 1. The lowest BCUT2D eigenvalue weighted by molar-refractivity contribution is -0.121. The Labute approximate surface area is 157 Å². The lowest BCUT2D eigenvalue weighted by Gasteiger charge is -2.26. The van der Waals surface area contributed by atoms with Crippen molar-refractivity contribution in [1.29, 1.82) is 0 Å². The van der Waals surface area contributed by atoms with Crippen molar-refractivity contribution >= 4 is 22.8 Å². The molecule has 146 valence electrons. The summed E-state index contributed by atoms with van der Waals surface area (Å²) >= 11 is 0. The Morgan fingerprint density at radius 3 is 2.78 bits per heavy atom. The molecule has 1 aliphatic heterocycles.